The third-order valence-corrected chi connectivity index (χ3v) is 3.91. The smallest absolute Gasteiger partial charge is 0.170 e. The third-order valence-electron chi connectivity index (χ3n) is 3.66. The van der Waals surface area contributed by atoms with E-state index in [1.807, 2.05) is 42.5 Å². The Balaban J connectivity index is 1.50. The molecule has 0 saturated heterocycles. The van der Waals surface area contributed by atoms with Crippen molar-refractivity contribution in [2.24, 2.45) is 0 Å². The Morgan fingerprint density at radius 2 is 1.92 bits per heavy atom. The SMILES string of the molecule is COc1ccccc1NC(=S)NCCc1ccc2c(c1)OCCO2. The molecule has 0 unspecified atom stereocenters. The van der Waals surface area contributed by atoms with E-state index in [9.17, 15) is 0 Å². The molecule has 24 heavy (non-hydrogen) atoms. The Bertz CT molecular complexity index is 721. The molecule has 2 aromatic rings. The van der Waals surface area contributed by atoms with Crippen LogP contribution in [-0.2, 0) is 6.42 Å². The van der Waals surface area contributed by atoms with Gasteiger partial charge in [-0.2, -0.15) is 0 Å². The number of methoxy groups -OCH3 is 1. The Kier molecular flexibility index (Phi) is 5.38. The average Bonchev–Trinajstić information content (AvgIpc) is 2.62. The minimum atomic E-state index is 0.567. The molecule has 0 saturated carbocycles. The lowest BCUT2D eigenvalue weighted by atomic mass is 10.1. The number of nitrogens with one attached hydrogen (secondary N) is 2. The molecule has 0 fully saturated rings. The second-order valence-electron chi connectivity index (χ2n) is 5.31. The van der Waals surface area contributed by atoms with Crippen LogP contribution in [0.15, 0.2) is 42.5 Å². The van der Waals surface area contributed by atoms with E-state index in [1.54, 1.807) is 7.11 Å². The molecule has 3 rings (SSSR count). The van der Waals surface area contributed by atoms with Gasteiger partial charge >= 0.3 is 0 Å². The fraction of sp³-hybridized carbons (Fsp3) is 0.278. The normalized spacial score (nSPS) is 12.4. The zero-order valence-electron chi connectivity index (χ0n) is 13.5. The van der Waals surface area contributed by atoms with Crippen molar-refractivity contribution in [1.82, 2.24) is 5.32 Å². The van der Waals surface area contributed by atoms with Gasteiger partial charge in [-0.05, 0) is 48.5 Å². The Hall–Kier alpha value is -2.47. The van der Waals surface area contributed by atoms with Crippen molar-refractivity contribution < 1.29 is 14.2 Å². The summed E-state index contributed by atoms with van der Waals surface area (Å²) in [6.07, 6.45) is 0.838. The number of hydrogen-bond acceptors (Lipinski definition) is 4. The highest BCUT2D eigenvalue weighted by Gasteiger charge is 2.11. The van der Waals surface area contributed by atoms with Gasteiger partial charge in [0.05, 0.1) is 12.8 Å². The zero-order chi connectivity index (χ0) is 16.8. The first-order valence-corrected chi connectivity index (χ1v) is 8.23. The van der Waals surface area contributed by atoms with Gasteiger partial charge in [-0.25, -0.2) is 0 Å². The van der Waals surface area contributed by atoms with E-state index in [0.717, 1.165) is 35.9 Å². The van der Waals surface area contributed by atoms with Crippen molar-refractivity contribution in [3.05, 3.63) is 48.0 Å². The van der Waals surface area contributed by atoms with Gasteiger partial charge in [0.25, 0.3) is 0 Å². The van der Waals surface area contributed by atoms with Crippen LogP contribution in [-0.4, -0.2) is 32.0 Å². The Morgan fingerprint density at radius 3 is 2.75 bits per heavy atom. The molecule has 0 spiro atoms. The molecule has 5 nitrogen and oxygen atoms in total. The summed E-state index contributed by atoms with van der Waals surface area (Å²) in [5.41, 5.74) is 2.02. The van der Waals surface area contributed by atoms with Crippen LogP contribution in [0, 0.1) is 0 Å². The van der Waals surface area contributed by atoms with Crippen molar-refractivity contribution in [1.29, 1.82) is 0 Å². The van der Waals surface area contributed by atoms with E-state index in [2.05, 4.69) is 10.6 Å². The van der Waals surface area contributed by atoms with Crippen LogP contribution in [0.5, 0.6) is 17.2 Å². The molecule has 0 radical (unpaired) electrons. The number of para-hydroxylation sites is 2. The third kappa shape index (κ3) is 4.08. The maximum Gasteiger partial charge on any atom is 0.170 e. The molecular weight excluding hydrogens is 324 g/mol. The molecule has 6 heteroatoms. The predicted molar refractivity (Wildman–Crippen MR) is 98.4 cm³/mol. The lowest BCUT2D eigenvalue weighted by Crippen LogP contribution is -2.30. The van der Waals surface area contributed by atoms with Crippen LogP contribution in [0.4, 0.5) is 5.69 Å². The van der Waals surface area contributed by atoms with Gasteiger partial charge in [-0.1, -0.05) is 18.2 Å². The molecule has 0 atom stereocenters. The molecule has 1 aliphatic rings. The summed E-state index contributed by atoms with van der Waals surface area (Å²) in [4.78, 5) is 0. The first kappa shape index (κ1) is 16.4. The molecular formula is C18H20N2O3S. The van der Waals surface area contributed by atoms with Crippen molar-refractivity contribution in [2.75, 3.05) is 32.2 Å². The predicted octanol–water partition coefficient (Wildman–Crippen LogP) is 3.00. The fourth-order valence-electron chi connectivity index (χ4n) is 2.48. The lowest BCUT2D eigenvalue weighted by Gasteiger charge is -2.19. The number of fused-ring (bicyclic) bond motifs is 1. The van der Waals surface area contributed by atoms with Gasteiger partial charge < -0.3 is 24.8 Å². The van der Waals surface area contributed by atoms with E-state index in [-0.39, 0.29) is 0 Å². The highest BCUT2D eigenvalue weighted by molar-refractivity contribution is 7.80. The van der Waals surface area contributed by atoms with Gasteiger partial charge in [0.1, 0.15) is 19.0 Å². The van der Waals surface area contributed by atoms with E-state index in [4.69, 9.17) is 26.4 Å². The van der Waals surface area contributed by atoms with Crippen LogP contribution < -0.4 is 24.8 Å². The van der Waals surface area contributed by atoms with E-state index in [0.29, 0.717) is 18.3 Å². The lowest BCUT2D eigenvalue weighted by molar-refractivity contribution is 0.171. The van der Waals surface area contributed by atoms with E-state index >= 15 is 0 Å². The van der Waals surface area contributed by atoms with Crippen LogP contribution in [0.25, 0.3) is 0 Å². The molecule has 1 heterocycles. The quantitative estimate of drug-likeness (QED) is 0.814. The maximum absolute atomic E-state index is 5.60. The molecule has 0 amide bonds. The summed E-state index contributed by atoms with van der Waals surface area (Å²) in [6, 6.07) is 13.7. The minimum Gasteiger partial charge on any atom is -0.495 e. The molecule has 2 N–H and O–H groups in total. The van der Waals surface area contributed by atoms with Crippen LogP contribution in [0.3, 0.4) is 0 Å². The van der Waals surface area contributed by atoms with Crippen molar-refractivity contribution >= 4 is 23.0 Å². The molecule has 0 bridgehead atoms. The molecule has 1 aliphatic heterocycles. The molecule has 126 valence electrons. The van der Waals surface area contributed by atoms with Gasteiger partial charge in [0.2, 0.25) is 0 Å². The molecule has 0 aromatic heterocycles. The van der Waals surface area contributed by atoms with E-state index < -0.39 is 0 Å². The number of thiocarbonyl (C=S) groups is 1. The van der Waals surface area contributed by atoms with Gasteiger partial charge in [-0.3, -0.25) is 0 Å². The summed E-state index contributed by atoms with van der Waals surface area (Å²) < 4.78 is 16.4. The van der Waals surface area contributed by atoms with Gasteiger partial charge in [0.15, 0.2) is 16.6 Å². The summed E-state index contributed by atoms with van der Waals surface area (Å²) in [5, 5.41) is 6.92. The Morgan fingerprint density at radius 1 is 1.12 bits per heavy atom. The summed E-state index contributed by atoms with van der Waals surface area (Å²) in [5.74, 6) is 2.38. The van der Waals surface area contributed by atoms with Crippen molar-refractivity contribution in [3.8, 4) is 17.2 Å². The van der Waals surface area contributed by atoms with Crippen LogP contribution in [0.1, 0.15) is 5.56 Å². The first-order chi connectivity index (χ1) is 11.8. The summed E-state index contributed by atoms with van der Waals surface area (Å²) in [7, 11) is 1.64. The number of anilines is 1. The van der Waals surface area contributed by atoms with Gasteiger partial charge in [-0.15, -0.1) is 0 Å². The molecule has 2 aromatic carbocycles. The summed E-state index contributed by atoms with van der Waals surface area (Å²) in [6.45, 7) is 1.93. The van der Waals surface area contributed by atoms with Crippen molar-refractivity contribution in [3.63, 3.8) is 0 Å². The zero-order valence-corrected chi connectivity index (χ0v) is 14.3. The standard InChI is InChI=1S/C18H20N2O3S/c1-21-15-5-3-2-4-14(15)20-18(24)19-9-8-13-6-7-16-17(12-13)23-11-10-22-16/h2-7,12H,8-11H2,1H3,(H2,19,20,24). The monoisotopic (exact) mass is 344 g/mol. The maximum atomic E-state index is 5.60. The van der Waals surface area contributed by atoms with Crippen molar-refractivity contribution in [2.45, 2.75) is 6.42 Å². The second-order valence-corrected chi connectivity index (χ2v) is 5.72. The minimum absolute atomic E-state index is 0.567. The molecule has 0 aliphatic carbocycles. The highest BCUT2D eigenvalue weighted by Crippen LogP contribution is 2.30. The highest BCUT2D eigenvalue weighted by atomic mass is 32.1. The largest absolute Gasteiger partial charge is 0.495 e. The average molecular weight is 344 g/mol. The number of rotatable bonds is 5. The number of ether oxygens (including phenoxy) is 3. The summed E-state index contributed by atoms with van der Waals surface area (Å²) >= 11 is 5.33. The van der Waals surface area contributed by atoms with Crippen LogP contribution >= 0.6 is 12.2 Å². The first-order valence-electron chi connectivity index (χ1n) is 7.82. The Labute approximate surface area is 146 Å². The number of hydrogen-bond donors (Lipinski definition) is 2. The fourth-order valence-corrected chi connectivity index (χ4v) is 2.69. The van der Waals surface area contributed by atoms with Crippen LogP contribution in [0.2, 0.25) is 0 Å². The second kappa shape index (κ2) is 7.88. The number of benzene rings is 2. The van der Waals surface area contributed by atoms with Gasteiger partial charge in [0, 0.05) is 6.54 Å². The van der Waals surface area contributed by atoms with E-state index in [1.165, 1.54) is 5.56 Å². The topological polar surface area (TPSA) is 51.8 Å².